The average Bonchev–Trinajstić information content (AvgIpc) is 3.28. The van der Waals surface area contributed by atoms with Crippen LogP contribution in [0.4, 0.5) is 4.39 Å². The van der Waals surface area contributed by atoms with Crippen molar-refractivity contribution in [2.45, 2.75) is 37.0 Å². The lowest BCUT2D eigenvalue weighted by Gasteiger charge is -2.36. The maximum absolute atomic E-state index is 13.2. The van der Waals surface area contributed by atoms with E-state index in [9.17, 15) is 17.6 Å². The molecule has 1 amide bonds. The number of nitrogens with zero attached hydrogens (tertiary/aromatic N) is 3. The summed E-state index contributed by atoms with van der Waals surface area (Å²) in [5, 5.41) is 4.12. The monoisotopic (exact) mass is 497 g/mol. The zero-order chi connectivity index (χ0) is 24.5. The van der Waals surface area contributed by atoms with Gasteiger partial charge in [0.1, 0.15) is 17.1 Å². The topological polar surface area (TPSA) is 79.3 Å². The number of rotatable bonds is 5. The number of sulfonamides is 1. The van der Waals surface area contributed by atoms with Gasteiger partial charge in [0.2, 0.25) is 10.0 Å². The van der Waals surface area contributed by atoms with Gasteiger partial charge in [-0.1, -0.05) is 53.7 Å². The molecule has 3 aliphatic heterocycles. The van der Waals surface area contributed by atoms with Gasteiger partial charge in [-0.05, 0) is 35.3 Å². The van der Waals surface area contributed by atoms with Crippen molar-refractivity contribution in [3.63, 3.8) is 0 Å². The number of amides is 1. The summed E-state index contributed by atoms with van der Waals surface area (Å²) >= 11 is 0. The third-order valence-electron chi connectivity index (χ3n) is 7.02. The molecule has 1 spiro atoms. The van der Waals surface area contributed by atoms with Gasteiger partial charge in [0.05, 0.1) is 5.75 Å². The highest BCUT2D eigenvalue weighted by atomic mass is 32.2. The minimum absolute atomic E-state index is 0.0235. The number of carbonyl (C=O) groups excluding carboxylic acids is 1. The van der Waals surface area contributed by atoms with Gasteiger partial charge in [-0.3, -0.25) is 4.79 Å². The molecule has 9 heteroatoms. The van der Waals surface area contributed by atoms with Crippen LogP contribution in [-0.4, -0.2) is 61.0 Å². The minimum Gasteiger partial charge on any atom is -0.388 e. The SMILES string of the molecule is O=C(C1=NOC2(CCN(S(=O)(=O)Cc3ccccc3)CC2)C1)N1CC=C(c2ccc(F)cc2)CC1. The number of piperidine rings is 1. The molecule has 2 aromatic carbocycles. The second kappa shape index (κ2) is 9.54. The zero-order valence-electron chi connectivity index (χ0n) is 19.4. The first-order valence-electron chi connectivity index (χ1n) is 11.8. The van der Waals surface area contributed by atoms with E-state index in [1.165, 1.54) is 16.4 Å². The van der Waals surface area contributed by atoms with E-state index in [0.29, 0.717) is 57.6 Å². The molecule has 0 aliphatic carbocycles. The Morgan fingerprint density at radius 2 is 1.74 bits per heavy atom. The van der Waals surface area contributed by atoms with Crippen LogP contribution in [0, 0.1) is 5.82 Å². The summed E-state index contributed by atoms with van der Waals surface area (Å²) in [5.41, 5.74) is 2.60. The van der Waals surface area contributed by atoms with Gasteiger partial charge in [0.15, 0.2) is 0 Å². The first kappa shape index (κ1) is 23.7. The van der Waals surface area contributed by atoms with Crippen LogP contribution < -0.4 is 0 Å². The Morgan fingerprint density at radius 1 is 1.03 bits per heavy atom. The molecule has 7 nitrogen and oxygen atoms in total. The molecule has 0 saturated carbocycles. The second-order valence-electron chi connectivity index (χ2n) is 9.37. The zero-order valence-corrected chi connectivity index (χ0v) is 20.2. The molecule has 0 radical (unpaired) electrons. The fourth-order valence-corrected chi connectivity index (χ4v) is 6.45. The number of carbonyl (C=O) groups is 1. The second-order valence-corrected chi connectivity index (χ2v) is 11.3. The van der Waals surface area contributed by atoms with Gasteiger partial charge in [0, 0.05) is 45.4 Å². The molecule has 0 aromatic heterocycles. The standard InChI is InChI=1S/C26H28FN3O4S/c27-23-8-6-21(7-9-23)22-10-14-29(15-11-22)25(31)24-18-26(34-28-24)12-16-30(17-13-26)35(32,33)19-20-4-2-1-3-5-20/h1-10H,11-19H2. The van der Waals surface area contributed by atoms with Crippen molar-refractivity contribution in [2.24, 2.45) is 5.16 Å². The quantitative estimate of drug-likeness (QED) is 0.633. The summed E-state index contributed by atoms with van der Waals surface area (Å²) in [7, 11) is -3.42. The third kappa shape index (κ3) is 5.16. The molecule has 3 aliphatic rings. The fourth-order valence-electron chi connectivity index (χ4n) is 4.91. The van der Waals surface area contributed by atoms with Crippen LogP contribution in [0.2, 0.25) is 0 Å². The van der Waals surface area contributed by atoms with E-state index in [2.05, 4.69) is 5.16 Å². The first-order chi connectivity index (χ1) is 16.8. The lowest BCUT2D eigenvalue weighted by atomic mass is 9.87. The van der Waals surface area contributed by atoms with E-state index >= 15 is 0 Å². The highest BCUT2D eigenvalue weighted by Crippen LogP contribution is 2.36. The molecule has 184 valence electrons. The van der Waals surface area contributed by atoms with E-state index in [4.69, 9.17) is 4.84 Å². The Kier molecular flexibility index (Phi) is 6.46. The third-order valence-corrected chi connectivity index (χ3v) is 8.87. The number of halogens is 1. The van der Waals surface area contributed by atoms with E-state index in [0.717, 1.165) is 16.7 Å². The van der Waals surface area contributed by atoms with Crippen LogP contribution in [0.15, 0.2) is 65.8 Å². The van der Waals surface area contributed by atoms with E-state index in [-0.39, 0.29) is 17.5 Å². The summed E-state index contributed by atoms with van der Waals surface area (Å²) in [6, 6.07) is 15.5. The summed E-state index contributed by atoms with van der Waals surface area (Å²) in [6.45, 7) is 1.71. The summed E-state index contributed by atoms with van der Waals surface area (Å²) in [4.78, 5) is 20.6. The van der Waals surface area contributed by atoms with Crippen molar-refractivity contribution in [3.8, 4) is 0 Å². The molecule has 0 N–H and O–H groups in total. The van der Waals surface area contributed by atoms with Crippen LogP contribution in [0.5, 0.6) is 0 Å². The predicted molar refractivity (Wildman–Crippen MR) is 131 cm³/mol. The summed E-state index contributed by atoms with van der Waals surface area (Å²) in [5.74, 6) is -0.435. The Morgan fingerprint density at radius 3 is 2.40 bits per heavy atom. The lowest BCUT2D eigenvalue weighted by Crippen LogP contribution is -2.48. The van der Waals surface area contributed by atoms with Gasteiger partial charge in [0.25, 0.3) is 5.91 Å². The molecule has 0 unspecified atom stereocenters. The molecule has 1 saturated heterocycles. The van der Waals surface area contributed by atoms with Crippen LogP contribution in [0.1, 0.15) is 36.8 Å². The summed E-state index contributed by atoms with van der Waals surface area (Å²) < 4.78 is 40.4. The van der Waals surface area contributed by atoms with Crippen molar-refractivity contribution in [1.29, 1.82) is 0 Å². The van der Waals surface area contributed by atoms with Crippen LogP contribution >= 0.6 is 0 Å². The Bertz CT molecular complexity index is 1250. The molecule has 2 aromatic rings. The molecule has 1 fully saturated rings. The molecule has 0 atom stereocenters. The van der Waals surface area contributed by atoms with Gasteiger partial charge in [-0.15, -0.1) is 0 Å². The lowest BCUT2D eigenvalue weighted by molar-refractivity contribution is -0.123. The fraction of sp³-hybridized carbons (Fsp3) is 0.385. The van der Waals surface area contributed by atoms with Crippen molar-refractivity contribution in [3.05, 3.63) is 77.6 Å². The molecular weight excluding hydrogens is 469 g/mol. The van der Waals surface area contributed by atoms with Crippen LogP contribution in [-0.2, 0) is 25.4 Å². The maximum atomic E-state index is 13.2. The predicted octanol–water partition coefficient (Wildman–Crippen LogP) is 3.58. The largest absolute Gasteiger partial charge is 0.388 e. The van der Waals surface area contributed by atoms with Gasteiger partial charge in [-0.25, -0.2) is 17.1 Å². The van der Waals surface area contributed by atoms with E-state index in [1.54, 1.807) is 17.0 Å². The molecule has 3 heterocycles. The molecule has 0 bridgehead atoms. The smallest absolute Gasteiger partial charge is 0.272 e. The number of hydrogen-bond acceptors (Lipinski definition) is 5. The Balaban J connectivity index is 1.15. The van der Waals surface area contributed by atoms with Crippen molar-refractivity contribution in [1.82, 2.24) is 9.21 Å². The Labute approximate surface area is 204 Å². The van der Waals surface area contributed by atoms with Crippen molar-refractivity contribution >= 4 is 27.2 Å². The first-order valence-corrected chi connectivity index (χ1v) is 13.5. The van der Waals surface area contributed by atoms with Crippen LogP contribution in [0.3, 0.4) is 0 Å². The van der Waals surface area contributed by atoms with Gasteiger partial charge >= 0.3 is 0 Å². The number of oxime groups is 1. The van der Waals surface area contributed by atoms with Gasteiger partial charge < -0.3 is 9.74 Å². The molecule has 5 rings (SSSR count). The van der Waals surface area contributed by atoms with Crippen molar-refractivity contribution in [2.75, 3.05) is 26.2 Å². The van der Waals surface area contributed by atoms with Crippen LogP contribution in [0.25, 0.3) is 5.57 Å². The minimum atomic E-state index is -3.42. The summed E-state index contributed by atoms with van der Waals surface area (Å²) in [6.07, 6.45) is 4.07. The Hall–Kier alpha value is -3.04. The number of hydrogen-bond donors (Lipinski definition) is 0. The highest BCUT2D eigenvalue weighted by Gasteiger charge is 2.46. The number of benzene rings is 2. The van der Waals surface area contributed by atoms with Crippen molar-refractivity contribution < 1.29 is 22.4 Å². The van der Waals surface area contributed by atoms with E-state index in [1.807, 2.05) is 36.4 Å². The highest BCUT2D eigenvalue weighted by molar-refractivity contribution is 7.88. The normalized spacial score (nSPS) is 20.3. The van der Waals surface area contributed by atoms with Gasteiger partial charge in [-0.2, -0.15) is 0 Å². The van der Waals surface area contributed by atoms with E-state index < -0.39 is 15.6 Å². The average molecular weight is 498 g/mol. The molecular formula is C26H28FN3O4S. The maximum Gasteiger partial charge on any atom is 0.272 e. The molecule has 35 heavy (non-hydrogen) atoms.